The second-order valence-electron chi connectivity index (χ2n) is 6.50. The zero-order chi connectivity index (χ0) is 19.1. The average molecular weight is 368 g/mol. The van der Waals surface area contributed by atoms with Crippen LogP contribution in [0.3, 0.4) is 0 Å². The van der Waals surface area contributed by atoms with Crippen molar-refractivity contribution in [1.29, 1.82) is 0 Å². The van der Waals surface area contributed by atoms with Gasteiger partial charge in [0.25, 0.3) is 5.91 Å². The van der Waals surface area contributed by atoms with E-state index in [0.717, 1.165) is 19.6 Å². The van der Waals surface area contributed by atoms with Crippen LogP contribution < -0.4 is 10.2 Å². The van der Waals surface area contributed by atoms with Crippen molar-refractivity contribution < 1.29 is 13.9 Å². The van der Waals surface area contributed by atoms with Crippen molar-refractivity contribution in [2.75, 3.05) is 39.3 Å². The molecule has 0 spiro atoms. The van der Waals surface area contributed by atoms with Crippen LogP contribution in [0.5, 0.6) is 5.75 Å². The lowest BCUT2D eigenvalue weighted by Gasteiger charge is -2.34. The lowest BCUT2D eigenvalue weighted by Crippen LogP contribution is -2.49. The molecule has 1 aliphatic heterocycles. The van der Waals surface area contributed by atoms with E-state index in [2.05, 4.69) is 29.2 Å². The number of nitrogens with zero attached hydrogens (tertiary/aromatic N) is 2. The van der Waals surface area contributed by atoms with Crippen molar-refractivity contribution in [1.82, 2.24) is 9.80 Å². The average Bonchev–Trinajstić information content (AvgIpc) is 2.68. The van der Waals surface area contributed by atoms with Crippen LogP contribution in [0, 0.1) is 6.92 Å². The second kappa shape index (κ2) is 9.19. The van der Waals surface area contributed by atoms with Gasteiger partial charge in [-0.3, -0.25) is 14.5 Å². The summed E-state index contributed by atoms with van der Waals surface area (Å²) in [5, 5.41) is 0. The van der Waals surface area contributed by atoms with Gasteiger partial charge in [-0.15, -0.1) is 0 Å². The van der Waals surface area contributed by atoms with Crippen LogP contribution >= 0.6 is 0 Å². The Morgan fingerprint density at radius 3 is 2.63 bits per heavy atom. The molecule has 6 heteroatoms. The number of piperazine rings is 1. The second-order valence-corrected chi connectivity index (χ2v) is 6.50. The Bertz CT molecular complexity index is 837. The number of hydrogen-bond donors (Lipinski definition) is 0. The molecule has 2 aromatic rings. The highest BCUT2D eigenvalue weighted by molar-refractivity contribution is 5.77. The fourth-order valence-corrected chi connectivity index (χ4v) is 2.91. The first-order chi connectivity index (χ1) is 13.1. The molecular weight excluding hydrogens is 344 g/mol. The molecule has 27 heavy (non-hydrogen) atoms. The first-order valence-corrected chi connectivity index (χ1v) is 9.06. The van der Waals surface area contributed by atoms with E-state index in [-0.39, 0.29) is 23.7 Å². The Morgan fingerprint density at radius 2 is 1.93 bits per heavy atom. The zero-order valence-corrected chi connectivity index (χ0v) is 15.5. The molecule has 1 aliphatic rings. The maximum absolute atomic E-state index is 12.3. The normalized spacial score (nSPS) is 15.2. The molecule has 1 fully saturated rings. The van der Waals surface area contributed by atoms with E-state index in [9.17, 15) is 9.59 Å². The maximum Gasteiger partial charge on any atom is 0.260 e. The number of benzene rings is 1. The number of rotatable bonds is 6. The summed E-state index contributed by atoms with van der Waals surface area (Å²) in [7, 11) is 0. The highest BCUT2D eigenvalue weighted by Crippen LogP contribution is 2.07. The fourth-order valence-electron chi connectivity index (χ4n) is 2.91. The largest absolute Gasteiger partial charge is 0.477 e. The highest BCUT2D eigenvalue weighted by atomic mass is 16.5. The molecule has 0 atom stereocenters. The molecule has 0 aliphatic carbocycles. The van der Waals surface area contributed by atoms with Crippen molar-refractivity contribution in [3.8, 4) is 5.75 Å². The Hall–Kier alpha value is -2.86. The van der Waals surface area contributed by atoms with E-state index in [1.54, 1.807) is 11.8 Å². The number of aryl methyl sites for hydroxylation is 1. The Balaban J connectivity index is 1.41. The van der Waals surface area contributed by atoms with Crippen molar-refractivity contribution >= 4 is 12.0 Å². The number of carbonyl (C=O) groups excluding carboxylic acids is 1. The topological polar surface area (TPSA) is 63.0 Å². The van der Waals surface area contributed by atoms with Crippen molar-refractivity contribution in [3.63, 3.8) is 0 Å². The van der Waals surface area contributed by atoms with Gasteiger partial charge in [-0.05, 0) is 12.5 Å². The molecule has 1 aromatic heterocycles. The summed E-state index contributed by atoms with van der Waals surface area (Å²) in [6.07, 6.45) is 5.51. The first kappa shape index (κ1) is 18.9. The Morgan fingerprint density at radius 1 is 1.19 bits per heavy atom. The molecule has 3 rings (SSSR count). The summed E-state index contributed by atoms with van der Waals surface area (Å²) in [6, 6.07) is 11.5. The van der Waals surface area contributed by atoms with Crippen LogP contribution in [0.1, 0.15) is 11.3 Å². The monoisotopic (exact) mass is 368 g/mol. The van der Waals surface area contributed by atoms with Crippen LogP contribution in [-0.2, 0) is 4.79 Å². The van der Waals surface area contributed by atoms with E-state index in [0.29, 0.717) is 18.8 Å². The number of ether oxygens (including phenoxy) is 1. The lowest BCUT2D eigenvalue weighted by molar-refractivity contribution is -0.135. The van der Waals surface area contributed by atoms with E-state index >= 15 is 0 Å². The predicted octanol–water partition coefficient (Wildman–Crippen LogP) is 2.18. The molecule has 0 bridgehead atoms. The minimum absolute atomic E-state index is 0.0682. The van der Waals surface area contributed by atoms with Gasteiger partial charge in [-0.2, -0.15) is 0 Å². The first-order valence-electron chi connectivity index (χ1n) is 9.06. The van der Waals surface area contributed by atoms with Gasteiger partial charge < -0.3 is 14.1 Å². The van der Waals surface area contributed by atoms with Crippen molar-refractivity contribution in [2.45, 2.75) is 6.92 Å². The third-order valence-electron chi connectivity index (χ3n) is 4.48. The molecule has 0 N–H and O–H groups in total. The minimum Gasteiger partial charge on any atom is -0.477 e. The fraction of sp³-hybridized carbons (Fsp3) is 0.333. The van der Waals surface area contributed by atoms with Gasteiger partial charge in [0.2, 0.25) is 11.2 Å². The molecule has 0 unspecified atom stereocenters. The van der Waals surface area contributed by atoms with Crippen molar-refractivity contribution in [2.24, 2.45) is 0 Å². The number of hydrogen-bond acceptors (Lipinski definition) is 5. The lowest BCUT2D eigenvalue weighted by atomic mass is 10.2. The third kappa shape index (κ3) is 5.56. The molecule has 1 aromatic carbocycles. The quantitative estimate of drug-likeness (QED) is 0.782. The third-order valence-corrected chi connectivity index (χ3v) is 4.48. The SMILES string of the molecule is Cc1cc(=O)c(OCC(=O)N2CCN(CC=Cc3ccccc3)CC2)co1. The van der Waals surface area contributed by atoms with Crippen LogP contribution in [0.25, 0.3) is 6.08 Å². The summed E-state index contributed by atoms with van der Waals surface area (Å²) in [5.41, 5.74) is 0.908. The van der Waals surface area contributed by atoms with Gasteiger partial charge >= 0.3 is 0 Å². The van der Waals surface area contributed by atoms with Crippen molar-refractivity contribution in [3.05, 3.63) is 70.3 Å². The molecule has 6 nitrogen and oxygen atoms in total. The molecule has 1 saturated heterocycles. The summed E-state index contributed by atoms with van der Waals surface area (Å²) in [5.74, 6) is 0.462. The summed E-state index contributed by atoms with van der Waals surface area (Å²) in [6.45, 7) is 5.34. The van der Waals surface area contributed by atoms with Gasteiger partial charge in [0.05, 0.1) is 0 Å². The smallest absolute Gasteiger partial charge is 0.260 e. The molecule has 1 amide bonds. The van der Waals surface area contributed by atoms with E-state index in [1.165, 1.54) is 17.9 Å². The Kier molecular flexibility index (Phi) is 6.44. The van der Waals surface area contributed by atoms with Crippen LogP contribution in [-0.4, -0.2) is 55.0 Å². The van der Waals surface area contributed by atoms with E-state index in [4.69, 9.17) is 9.15 Å². The summed E-state index contributed by atoms with van der Waals surface area (Å²) >= 11 is 0. The zero-order valence-electron chi connectivity index (χ0n) is 15.5. The number of amides is 1. The maximum atomic E-state index is 12.3. The van der Waals surface area contributed by atoms with Gasteiger partial charge in [0.1, 0.15) is 12.0 Å². The van der Waals surface area contributed by atoms with Crippen LogP contribution in [0.2, 0.25) is 0 Å². The Labute approximate surface area is 158 Å². The number of carbonyl (C=O) groups is 1. The molecular formula is C21H24N2O4. The minimum atomic E-state index is -0.276. The van der Waals surface area contributed by atoms with Gasteiger partial charge in [0, 0.05) is 38.8 Å². The van der Waals surface area contributed by atoms with Crippen LogP contribution in [0.4, 0.5) is 0 Å². The molecule has 0 radical (unpaired) electrons. The molecule has 142 valence electrons. The highest BCUT2D eigenvalue weighted by Gasteiger charge is 2.21. The van der Waals surface area contributed by atoms with Crippen LogP contribution in [0.15, 0.2) is 57.9 Å². The molecule has 2 heterocycles. The predicted molar refractivity (Wildman–Crippen MR) is 104 cm³/mol. The molecule has 0 saturated carbocycles. The van der Waals surface area contributed by atoms with Gasteiger partial charge in [0.15, 0.2) is 6.61 Å². The van der Waals surface area contributed by atoms with Gasteiger partial charge in [-0.1, -0.05) is 42.5 Å². The summed E-state index contributed by atoms with van der Waals surface area (Å²) in [4.78, 5) is 28.1. The van der Waals surface area contributed by atoms with E-state index < -0.39 is 0 Å². The van der Waals surface area contributed by atoms with E-state index in [1.807, 2.05) is 18.2 Å². The standard InChI is InChI=1S/C21H24N2O4/c1-17-14-19(24)20(15-26-17)27-16-21(25)23-12-10-22(11-13-23)9-5-8-18-6-3-2-4-7-18/h2-8,14-15H,9-13,16H2,1H3. The van der Waals surface area contributed by atoms with Gasteiger partial charge in [-0.25, -0.2) is 0 Å². The summed E-state index contributed by atoms with van der Waals surface area (Å²) < 4.78 is 10.5.